The smallest absolute Gasteiger partial charge is 0.227 e. The van der Waals surface area contributed by atoms with Gasteiger partial charge in [-0.3, -0.25) is 9.48 Å². The normalized spacial score (nSPS) is 15.7. The maximum absolute atomic E-state index is 12.2. The first kappa shape index (κ1) is 14.8. The van der Waals surface area contributed by atoms with Gasteiger partial charge in [-0.25, -0.2) is 0 Å². The number of nitrogens with one attached hydrogen (secondary N) is 1. The third-order valence-electron chi connectivity index (χ3n) is 4.34. The van der Waals surface area contributed by atoms with Gasteiger partial charge in [-0.1, -0.05) is 49.1 Å². The van der Waals surface area contributed by atoms with E-state index in [1.54, 1.807) is 6.20 Å². The topological polar surface area (TPSA) is 46.9 Å². The van der Waals surface area contributed by atoms with Gasteiger partial charge in [-0.2, -0.15) is 5.10 Å². The van der Waals surface area contributed by atoms with Gasteiger partial charge in [0, 0.05) is 12.1 Å². The summed E-state index contributed by atoms with van der Waals surface area (Å²) in [5.74, 6) is 0.323. The Bertz CT molecular complexity index is 624. The molecular formula is C18H23N3O. The lowest BCUT2D eigenvalue weighted by molar-refractivity contribution is -0.120. The average molecular weight is 297 g/mol. The molecule has 1 aromatic carbocycles. The van der Waals surface area contributed by atoms with Crippen LogP contribution in [0.25, 0.3) is 0 Å². The minimum Gasteiger partial charge on any atom is -0.323 e. The number of hydrogen-bond donors (Lipinski definition) is 1. The van der Waals surface area contributed by atoms with E-state index in [2.05, 4.69) is 41.6 Å². The van der Waals surface area contributed by atoms with E-state index in [4.69, 9.17) is 0 Å². The average Bonchev–Trinajstić information content (AvgIpc) is 2.97. The zero-order valence-corrected chi connectivity index (χ0v) is 13.1. The van der Waals surface area contributed by atoms with E-state index < -0.39 is 0 Å². The van der Waals surface area contributed by atoms with Crippen molar-refractivity contribution in [3.05, 3.63) is 47.8 Å². The van der Waals surface area contributed by atoms with Crippen molar-refractivity contribution >= 4 is 11.6 Å². The lowest BCUT2D eigenvalue weighted by Gasteiger charge is -2.20. The van der Waals surface area contributed by atoms with Crippen molar-refractivity contribution in [3.63, 3.8) is 0 Å². The van der Waals surface area contributed by atoms with Crippen LogP contribution in [-0.4, -0.2) is 15.7 Å². The Balaban J connectivity index is 1.58. The molecule has 1 N–H and O–H groups in total. The number of amides is 1. The number of anilines is 1. The number of carbonyl (C=O) groups is 1. The highest BCUT2D eigenvalue weighted by Gasteiger charge is 2.21. The summed E-state index contributed by atoms with van der Waals surface area (Å²) in [5.41, 5.74) is 3.26. The van der Waals surface area contributed by atoms with Crippen molar-refractivity contribution in [1.29, 1.82) is 0 Å². The quantitative estimate of drug-likeness (QED) is 0.934. The predicted molar refractivity (Wildman–Crippen MR) is 87.7 cm³/mol. The summed E-state index contributed by atoms with van der Waals surface area (Å²) in [6, 6.07) is 8.42. The van der Waals surface area contributed by atoms with Crippen molar-refractivity contribution in [2.24, 2.45) is 5.92 Å². The summed E-state index contributed by atoms with van der Waals surface area (Å²) in [7, 11) is 0. The first-order chi connectivity index (χ1) is 10.7. The Kier molecular flexibility index (Phi) is 4.56. The number of aromatic nitrogens is 2. The molecule has 1 aliphatic rings. The zero-order valence-electron chi connectivity index (χ0n) is 13.1. The Hall–Kier alpha value is -2.10. The van der Waals surface area contributed by atoms with Gasteiger partial charge in [0.2, 0.25) is 5.91 Å². The summed E-state index contributed by atoms with van der Waals surface area (Å²) < 4.78 is 1.86. The molecule has 22 heavy (non-hydrogen) atoms. The van der Waals surface area contributed by atoms with Gasteiger partial charge in [0.25, 0.3) is 0 Å². The lowest BCUT2D eigenvalue weighted by Crippen LogP contribution is -2.24. The van der Waals surface area contributed by atoms with Crippen molar-refractivity contribution in [2.45, 2.75) is 45.6 Å². The second-order valence-corrected chi connectivity index (χ2v) is 6.24. The second-order valence-electron chi connectivity index (χ2n) is 6.24. The number of rotatable bonds is 4. The van der Waals surface area contributed by atoms with Gasteiger partial charge in [0.1, 0.15) is 0 Å². The Morgan fingerprint density at radius 3 is 2.68 bits per heavy atom. The van der Waals surface area contributed by atoms with Crippen LogP contribution in [0.5, 0.6) is 0 Å². The third-order valence-corrected chi connectivity index (χ3v) is 4.34. The highest BCUT2D eigenvalue weighted by atomic mass is 16.1. The van der Waals surface area contributed by atoms with Gasteiger partial charge < -0.3 is 5.32 Å². The summed E-state index contributed by atoms with van der Waals surface area (Å²) in [5, 5.41) is 7.34. The minimum atomic E-state index is 0.148. The van der Waals surface area contributed by atoms with Gasteiger partial charge in [0.15, 0.2) is 0 Å². The highest BCUT2D eigenvalue weighted by molar-refractivity contribution is 5.92. The first-order valence-electron chi connectivity index (χ1n) is 8.09. The maximum atomic E-state index is 12.2. The SMILES string of the molecule is Cc1ccc(Cn2cc(NC(=O)C3CCCCC3)cn2)cc1. The van der Waals surface area contributed by atoms with Crippen LogP contribution in [0.4, 0.5) is 5.69 Å². The van der Waals surface area contributed by atoms with E-state index in [0.29, 0.717) is 0 Å². The highest BCUT2D eigenvalue weighted by Crippen LogP contribution is 2.24. The third kappa shape index (κ3) is 3.75. The van der Waals surface area contributed by atoms with Crippen molar-refractivity contribution in [1.82, 2.24) is 9.78 Å². The van der Waals surface area contributed by atoms with Gasteiger partial charge in [-0.05, 0) is 25.3 Å². The molecule has 116 valence electrons. The van der Waals surface area contributed by atoms with Crippen molar-refractivity contribution in [3.8, 4) is 0 Å². The Morgan fingerprint density at radius 1 is 1.23 bits per heavy atom. The molecule has 0 aliphatic heterocycles. The number of nitrogens with zero attached hydrogens (tertiary/aromatic N) is 2. The van der Waals surface area contributed by atoms with Crippen LogP contribution in [0.3, 0.4) is 0 Å². The molecule has 1 aliphatic carbocycles. The predicted octanol–water partition coefficient (Wildman–Crippen LogP) is 3.76. The fraction of sp³-hybridized carbons (Fsp3) is 0.444. The second kappa shape index (κ2) is 6.77. The number of aryl methyl sites for hydroxylation is 1. The molecule has 1 heterocycles. The molecule has 0 spiro atoms. The molecule has 4 heteroatoms. The molecule has 0 bridgehead atoms. The molecule has 0 saturated heterocycles. The molecule has 0 atom stereocenters. The van der Waals surface area contributed by atoms with Crippen LogP contribution >= 0.6 is 0 Å². The number of carbonyl (C=O) groups excluding carboxylic acids is 1. The van der Waals surface area contributed by atoms with E-state index in [1.807, 2.05) is 10.9 Å². The van der Waals surface area contributed by atoms with Crippen LogP contribution < -0.4 is 5.32 Å². The molecular weight excluding hydrogens is 274 g/mol. The van der Waals surface area contributed by atoms with Crippen LogP contribution in [0.15, 0.2) is 36.7 Å². The summed E-state index contributed by atoms with van der Waals surface area (Å²) in [6.45, 7) is 2.80. The largest absolute Gasteiger partial charge is 0.323 e. The Morgan fingerprint density at radius 2 is 1.95 bits per heavy atom. The van der Waals surface area contributed by atoms with E-state index in [1.165, 1.54) is 30.4 Å². The zero-order chi connectivity index (χ0) is 15.4. The van der Waals surface area contributed by atoms with Crippen LogP contribution in [0.1, 0.15) is 43.2 Å². The van der Waals surface area contributed by atoms with Gasteiger partial charge >= 0.3 is 0 Å². The fourth-order valence-electron chi connectivity index (χ4n) is 3.00. The van der Waals surface area contributed by atoms with E-state index in [0.717, 1.165) is 25.1 Å². The van der Waals surface area contributed by atoms with Crippen LogP contribution in [-0.2, 0) is 11.3 Å². The van der Waals surface area contributed by atoms with E-state index in [-0.39, 0.29) is 11.8 Å². The molecule has 1 fully saturated rings. The maximum Gasteiger partial charge on any atom is 0.227 e. The monoisotopic (exact) mass is 297 g/mol. The molecule has 4 nitrogen and oxygen atoms in total. The minimum absolute atomic E-state index is 0.148. The van der Waals surface area contributed by atoms with Gasteiger partial charge in [-0.15, -0.1) is 0 Å². The van der Waals surface area contributed by atoms with E-state index in [9.17, 15) is 4.79 Å². The summed E-state index contributed by atoms with van der Waals surface area (Å²) in [4.78, 5) is 12.2. The molecule has 0 radical (unpaired) electrons. The van der Waals surface area contributed by atoms with E-state index >= 15 is 0 Å². The summed E-state index contributed by atoms with van der Waals surface area (Å²) >= 11 is 0. The first-order valence-corrected chi connectivity index (χ1v) is 8.09. The lowest BCUT2D eigenvalue weighted by atomic mass is 9.89. The van der Waals surface area contributed by atoms with Gasteiger partial charge in [0.05, 0.1) is 18.4 Å². The molecule has 2 aromatic rings. The Labute approximate surface area is 131 Å². The number of benzene rings is 1. The molecule has 1 aromatic heterocycles. The van der Waals surface area contributed by atoms with Crippen molar-refractivity contribution in [2.75, 3.05) is 5.32 Å². The molecule has 1 amide bonds. The van der Waals surface area contributed by atoms with Crippen LogP contribution in [0, 0.1) is 12.8 Å². The standard InChI is InChI=1S/C18H23N3O/c1-14-7-9-15(10-8-14)12-21-13-17(11-19-21)20-18(22)16-5-3-2-4-6-16/h7-11,13,16H,2-6,12H2,1H3,(H,20,22). The molecule has 1 saturated carbocycles. The fourth-order valence-corrected chi connectivity index (χ4v) is 3.00. The molecule has 3 rings (SSSR count). The van der Waals surface area contributed by atoms with Crippen LogP contribution in [0.2, 0.25) is 0 Å². The number of hydrogen-bond acceptors (Lipinski definition) is 2. The molecule has 0 unspecified atom stereocenters. The summed E-state index contributed by atoms with van der Waals surface area (Å²) in [6.07, 6.45) is 9.27. The van der Waals surface area contributed by atoms with Crippen molar-refractivity contribution < 1.29 is 4.79 Å².